The summed E-state index contributed by atoms with van der Waals surface area (Å²) in [4.78, 5) is 14.9. The highest BCUT2D eigenvalue weighted by Crippen LogP contribution is 2.40. The molecule has 0 bridgehead atoms. The molecule has 26 heavy (non-hydrogen) atoms. The van der Waals surface area contributed by atoms with Gasteiger partial charge in [-0.1, -0.05) is 66.7 Å². The predicted octanol–water partition coefficient (Wildman–Crippen LogP) is 4.22. The highest BCUT2D eigenvalue weighted by molar-refractivity contribution is 5.94. The third kappa shape index (κ3) is 3.08. The Labute approximate surface area is 154 Å². The summed E-state index contributed by atoms with van der Waals surface area (Å²) in [7, 11) is 2.06. The zero-order chi connectivity index (χ0) is 17.9. The molecular formula is C23H22N2O. The molecule has 130 valence electrons. The van der Waals surface area contributed by atoms with Gasteiger partial charge in [0.15, 0.2) is 0 Å². The summed E-state index contributed by atoms with van der Waals surface area (Å²) in [6.45, 7) is 0. The minimum absolute atomic E-state index is 0.0340. The second-order valence-corrected chi connectivity index (χ2v) is 6.75. The predicted molar refractivity (Wildman–Crippen MR) is 105 cm³/mol. The average molecular weight is 342 g/mol. The lowest BCUT2D eigenvalue weighted by molar-refractivity contribution is 0.0932. The first-order valence-electron chi connectivity index (χ1n) is 8.95. The van der Waals surface area contributed by atoms with E-state index in [2.05, 4.69) is 65.8 Å². The number of likely N-dealkylation sites (N-methyl/N-ethyl adjacent to an activating group) is 1. The molecule has 0 unspecified atom stereocenters. The molecule has 0 fully saturated rings. The van der Waals surface area contributed by atoms with Gasteiger partial charge in [0.25, 0.3) is 5.91 Å². The number of carbonyl (C=O) groups excluding carboxylic acids is 1. The number of fused-ring (bicyclic) bond motifs is 1. The fraction of sp³-hybridized carbons (Fsp3) is 0.174. The third-order valence-electron chi connectivity index (χ3n) is 5.13. The van der Waals surface area contributed by atoms with Crippen LogP contribution in [0.4, 0.5) is 5.69 Å². The van der Waals surface area contributed by atoms with E-state index in [0.29, 0.717) is 5.56 Å². The molecular weight excluding hydrogens is 320 g/mol. The van der Waals surface area contributed by atoms with Crippen molar-refractivity contribution in [1.29, 1.82) is 0 Å². The molecule has 1 amide bonds. The first-order valence-corrected chi connectivity index (χ1v) is 8.95. The maximum Gasteiger partial charge on any atom is 0.252 e. The van der Waals surface area contributed by atoms with Crippen molar-refractivity contribution in [3.05, 3.63) is 102 Å². The van der Waals surface area contributed by atoms with Gasteiger partial charge in [0.1, 0.15) is 6.17 Å². The second kappa shape index (κ2) is 7.04. The van der Waals surface area contributed by atoms with Crippen LogP contribution in [0.2, 0.25) is 0 Å². The van der Waals surface area contributed by atoms with E-state index >= 15 is 0 Å². The van der Waals surface area contributed by atoms with Gasteiger partial charge in [-0.15, -0.1) is 0 Å². The second-order valence-electron chi connectivity index (χ2n) is 6.75. The van der Waals surface area contributed by atoms with Crippen molar-refractivity contribution in [2.24, 2.45) is 0 Å². The van der Waals surface area contributed by atoms with E-state index in [-0.39, 0.29) is 18.0 Å². The van der Waals surface area contributed by atoms with Crippen molar-refractivity contribution in [2.45, 2.75) is 18.5 Å². The zero-order valence-corrected chi connectivity index (χ0v) is 14.8. The van der Waals surface area contributed by atoms with Gasteiger partial charge in [-0.25, -0.2) is 0 Å². The van der Waals surface area contributed by atoms with E-state index < -0.39 is 0 Å². The lowest BCUT2D eigenvalue weighted by Gasteiger charge is -2.28. The zero-order valence-electron chi connectivity index (χ0n) is 14.8. The Balaban J connectivity index is 1.64. The van der Waals surface area contributed by atoms with Crippen LogP contribution in [0.3, 0.4) is 0 Å². The van der Waals surface area contributed by atoms with Gasteiger partial charge in [0.2, 0.25) is 0 Å². The fourth-order valence-electron chi connectivity index (χ4n) is 3.81. The van der Waals surface area contributed by atoms with Crippen LogP contribution in [0.25, 0.3) is 0 Å². The van der Waals surface area contributed by atoms with Crippen molar-refractivity contribution < 1.29 is 4.79 Å². The molecule has 3 heteroatoms. The van der Waals surface area contributed by atoms with Gasteiger partial charge in [-0.05, 0) is 35.7 Å². The lowest BCUT2D eigenvalue weighted by atomic mass is 9.91. The van der Waals surface area contributed by atoms with Crippen LogP contribution in [0.5, 0.6) is 0 Å². The van der Waals surface area contributed by atoms with Crippen molar-refractivity contribution in [1.82, 2.24) is 5.32 Å². The molecule has 0 saturated heterocycles. The standard InChI is InChI=1S/C23H22N2O/c1-25-21-15-9-8-14-19(21)20(16-17-10-4-2-5-11-17)22(25)24-23(26)18-12-6-3-7-13-18/h2-15,20,22H,16H2,1H3,(H,24,26)/t20-,22-/m1/s1. The Kier molecular flexibility index (Phi) is 4.44. The molecule has 4 rings (SSSR count). The number of para-hydroxylation sites is 1. The largest absolute Gasteiger partial charge is 0.354 e. The molecule has 3 aromatic rings. The van der Waals surface area contributed by atoms with Gasteiger partial charge >= 0.3 is 0 Å². The number of benzene rings is 3. The Morgan fingerprint density at radius 3 is 2.23 bits per heavy atom. The molecule has 0 aromatic heterocycles. The van der Waals surface area contributed by atoms with Crippen LogP contribution in [0.1, 0.15) is 27.4 Å². The summed E-state index contributed by atoms with van der Waals surface area (Å²) < 4.78 is 0. The molecule has 0 spiro atoms. The Morgan fingerprint density at radius 2 is 1.50 bits per heavy atom. The maximum absolute atomic E-state index is 12.8. The monoisotopic (exact) mass is 342 g/mol. The van der Waals surface area contributed by atoms with Crippen molar-refractivity contribution in [2.75, 3.05) is 11.9 Å². The van der Waals surface area contributed by atoms with Crippen molar-refractivity contribution in [3.8, 4) is 0 Å². The average Bonchev–Trinajstić information content (AvgIpc) is 2.95. The van der Waals surface area contributed by atoms with Crippen LogP contribution in [0, 0.1) is 0 Å². The molecule has 1 aliphatic rings. The van der Waals surface area contributed by atoms with Crippen LogP contribution >= 0.6 is 0 Å². The number of carbonyl (C=O) groups is 1. The van der Waals surface area contributed by atoms with Gasteiger partial charge in [-0.2, -0.15) is 0 Å². The number of nitrogens with one attached hydrogen (secondary N) is 1. The van der Waals surface area contributed by atoms with Crippen molar-refractivity contribution in [3.63, 3.8) is 0 Å². The SMILES string of the molecule is CN1c2ccccc2[C@@H](Cc2ccccc2)[C@@H]1NC(=O)c1ccccc1. The number of rotatable bonds is 4. The lowest BCUT2D eigenvalue weighted by Crippen LogP contribution is -2.47. The molecule has 2 atom stereocenters. The summed E-state index contributed by atoms with van der Waals surface area (Å²) in [5.41, 5.74) is 4.45. The van der Waals surface area contributed by atoms with Gasteiger partial charge in [0, 0.05) is 24.2 Å². The number of nitrogens with zero attached hydrogens (tertiary/aromatic N) is 1. The highest BCUT2D eigenvalue weighted by atomic mass is 16.1. The Bertz CT molecular complexity index is 892. The van der Waals surface area contributed by atoms with E-state index in [1.165, 1.54) is 16.8 Å². The van der Waals surface area contributed by atoms with Crippen LogP contribution in [0.15, 0.2) is 84.9 Å². The molecule has 1 N–H and O–H groups in total. The number of hydrogen-bond acceptors (Lipinski definition) is 2. The summed E-state index contributed by atoms with van der Waals surface area (Å²) in [5, 5.41) is 3.25. The van der Waals surface area contributed by atoms with Gasteiger partial charge < -0.3 is 10.2 Å². The molecule has 0 saturated carbocycles. The molecule has 3 aromatic carbocycles. The number of anilines is 1. The van der Waals surface area contributed by atoms with Crippen LogP contribution in [-0.4, -0.2) is 19.1 Å². The summed E-state index contributed by atoms with van der Waals surface area (Å²) in [5.74, 6) is 0.180. The topological polar surface area (TPSA) is 32.3 Å². The van der Waals surface area contributed by atoms with E-state index in [1.807, 2.05) is 36.4 Å². The molecule has 1 aliphatic heterocycles. The molecule has 0 aliphatic carbocycles. The third-order valence-corrected chi connectivity index (χ3v) is 5.13. The fourth-order valence-corrected chi connectivity index (χ4v) is 3.81. The quantitative estimate of drug-likeness (QED) is 0.770. The first kappa shape index (κ1) is 16.4. The summed E-state index contributed by atoms with van der Waals surface area (Å²) in [6, 6.07) is 28.3. The Morgan fingerprint density at radius 1 is 0.885 bits per heavy atom. The smallest absolute Gasteiger partial charge is 0.252 e. The van der Waals surface area contributed by atoms with Crippen molar-refractivity contribution >= 4 is 11.6 Å². The van der Waals surface area contributed by atoms with Crippen LogP contribution in [-0.2, 0) is 6.42 Å². The first-order chi connectivity index (χ1) is 12.7. The summed E-state index contributed by atoms with van der Waals surface area (Å²) >= 11 is 0. The Hall–Kier alpha value is -3.07. The van der Waals surface area contributed by atoms with E-state index in [1.54, 1.807) is 0 Å². The van der Waals surface area contributed by atoms with Gasteiger partial charge in [-0.3, -0.25) is 4.79 Å². The normalized spacial score (nSPS) is 18.4. The minimum atomic E-state index is -0.0692. The number of hydrogen-bond donors (Lipinski definition) is 1. The minimum Gasteiger partial charge on any atom is -0.354 e. The van der Waals surface area contributed by atoms with Gasteiger partial charge in [0.05, 0.1) is 0 Å². The molecule has 1 heterocycles. The van der Waals surface area contributed by atoms with Crippen LogP contribution < -0.4 is 10.2 Å². The highest BCUT2D eigenvalue weighted by Gasteiger charge is 2.37. The summed E-state index contributed by atoms with van der Waals surface area (Å²) in [6.07, 6.45) is 0.822. The van der Waals surface area contributed by atoms with E-state index in [0.717, 1.165) is 6.42 Å². The molecule has 3 nitrogen and oxygen atoms in total. The maximum atomic E-state index is 12.8. The van der Waals surface area contributed by atoms with E-state index in [4.69, 9.17) is 0 Å². The molecule has 0 radical (unpaired) electrons. The number of amides is 1. The van der Waals surface area contributed by atoms with E-state index in [9.17, 15) is 4.79 Å².